The molecule has 1 aromatic heterocycles. The first-order valence-electron chi connectivity index (χ1n) is 4.65. The highest BCUT2D eigenvalue weighted by Crippen LogP contribution is 2.23. The number of hydrogen-bond acceptors (Lipinski definition) is 3. The zero-order chi connectivity index (χ0) is 11.4. The van der Waals surface area contributed by atoms with Gasteiger partial charge in [0.2, 0.25) is 0 Å². The van der Waals surface area contributed by atoms with Crippen LogP contribution < -0.4 is 0 Å². The Bertz CT molecular complexity index is 481. The first-order chi connectivity index (χ1) is 7.78. The second-order valence-electron chi connectivity index (χ2n) is 3.15. The highest BCUT2D eigenvalue weighted by atomic mass is 79.9. The molecular formula is C11H9BrN2OS. The highest BCUT2D eigenvalue weighted by molar-refractivity contribution is 9.10. The maximum Gasteiger partial charge on any atom is 0.167 e. The Labute approximate surface area is 106 Å². The Hall–Kier alpha value is -1.07. The molecule has 0 aliphatic heterocycles. The van der Waals surface area contributed by atoms with Gasteiger partial charge in [0.25, 0.3) is 0 Å². The van der Waals surface area contributed by atoms with Gasteiger partial charge in [0, 0.05) is 9.37 Å². The average Bonchev–Trinajstić information content (AvgIpc) is 2.76. The SMILES string of the molecule is O=Cc1cnc(CSc2ccc(Br)cc2)[nH]1. The number of imidazole rings is 1. The summed E-state index contributed by atoms with van der Waals surface area (Å²) in [5.74, 6) is 1.55. The molecule has 2 aromatic rings. The lowest BCUT2D eigenvalue weighted by Gasteiger charge is -1.99. The molecule has 16 heavy (non-hydrogen) atoms. The summed E-state index contributed by atoms with van der Waals surface area (Å²) >= 11 is 5.06. The predicted octanol–water partition coefficient (Wildman–Crippen LogP) is 3.28. The molecular weight excluding hydrogens is 288 g/mol. The quantitative estimate of drug-likeness (QED) is 0.696. The highest BCUT2D eigenvalue weighted by Gasteiger charge is 2.00. The predicted molar refractivity (Wildman–Crippen MR) is 67.7 cm³/mol. The third-order valence-corrected chi connectivity index (χ3v) is 3.52. The largest absolute Gasteiger partial charge is 0.339 e. The van der Waals surface area contributed by atoms with Gasteiger partial charge in [-0.15, -0.1) is 11.8 Å². The number of nitrogens with one attached hydrogen (secondary N) is 1. The lowest BCUT2D eigenvalue weighted by molar-refractivity contribution is 0.111. The maximum absolute atomic E-state index is 10.4. The van der Waals surface area contributed by atoms with Crippen molar-refractivity contribution in [1.29, 1.82) is 0 Å². The number of carbonyl (C=O) groups is 1. The van der Waals surface area contributed by atoms with Crippen molar-refractivity contribution in [2.75, 3.05) is 0 Å². The Morgan fingerprint density at radius 1 is 1.38 bits per heavy atom. The van der Waals surface area contributed by atoms with E-state index >= 15 is 0 Å². The number of rotatable bonds is 4. The summed E-state index contributed by atoms with van der Waals surface area (Å²) in [6, 6.07) is 8.08. The van der Waals surface area contributed by atoms with Gasteiger partial charge in [-0.25, -0.2) is 4.98 Å². The molecule has 3 nitrogen and oxygen atoms in total. The van der Waals surface area contributed by atoms with Crippen molar-refractivity contribution in [2.24, 2.45) is 0 Å². The maximum atomic E-state index is 10.4. The van der Waals surface area contributed by atoms with Crippen LogP contribution >= 0.6 is 27.7 Å². The number of H-pyrrole nitrogens is 1. The van der Waals surface area contributed by atoms with Gasteiger partial charge in [-0.2, -0.15) is 0 Å². The molecule has 0 amide bonds. The van der Waals surface area contributed by atoms with Crippen LogP contribution in [0, 0.1) is 0 Å². The van der Waals surface area contributed by atoms with Gasteiger partial charge in [-0.05, 0) is 24.3 Å². The fourth-order valence-electron chi connectivity index (χ4n) is 1.19. The molecule has 1 heterocycles. The van der Waals surface area contributed by atoms with E-state index < -0.39 is 0 Å². The van der Waals surface area contributed by atoms with Gasteiger partial charge in [0.15, 0.2) is 6.29 Å². The Morgan fingerprint density at radius 2 is 2.12 bits per heavy atom. The van der Waals surface area contributed by atoms with Gasteiger partial charge in [0.05, 0.1) is 17.6 Å². The second-order valence-corrected chi connectivity index (χ2v) is 5.11. The molecule has 0 bridgehead atoms. The number of nitrogens with zero attached hydrogens (tertiary/aromatic N) is 1. The van der Waals surface area contributed by atoms with E-state index in [9.17, 15) is 4.79 Å². The minimum Gasteiger partial charge on any atom is -0.339 e. The van der Waals surface area contributed by atoms with Gasteiger partial charge in [0.1, 0.15) is 5.82 Å². The molecule has 0 radical (unpaired) electrons. The number of aromatic nitrogens is 2. The van der Waals surface area contributed by atoms with E-state index in [4.69, 9.17) is 0 Å². The van der Waals surface area contributed by atoms with Gasteiger partial charge in [-0.3, -0.25) is 4.79 Å². The first kappa shape index (κ1) is 11.4. The molecule has 0 saturated heterocycles. The van der Waals surface area contributed by atoms with Crippen LogP contribution in [0.3, 0.4) is 0 Å². The van der Waals surface area contributed by atoms with Crippen molar-refractivity contribution >= 4 is 34.0 Å². The van der Waals surface area contributed by atoms with E-state index in [1.807, 2.05) is 24.3 Å². The summed E-state index contributed by atoms with van der Waals surface area (Å²) in [6.45, 7) is 0. The molecule has 0 atom stereocenters. The fourth-order valence-corrected chi connectivity index (χ4v) is 2.24. The first-order valence-corrected chi connectivity index (χ1v) is 6.43. The molecule has 1 aromatic carbocycles. The van der Waals surface area contributed by atoms with E-state index in [2.05, 4.69) is 25.9 Å². The molecule has 0 saturated carbocycles. The fraction of sp³-hybridized carbons (Fsp3) is 0.0909. The standard InChI is InChI=1S/C11H9BrN2OS/c12-8-1-3-10(4-2-8)16-7-11-13-5-9(6-15)14-11/h1-6H,7H2,(H,13,14). The van der Waals surface area contributed by atoms with Crippen LogP contribution in [0.15, 0.2) is 39.8 Å². The van der Waals surface area contributed by atoms with E-state index in [1.54, 1.807) is 18.0 Å². The zero-order valence-electron chi connectivity index (χ0n) is 8.31. The Kier molecular flexibility index (Phi) is 3.79. The molecule has 0 aliphatic carbocycles. The zero-order valence-corrected chi connectivity index (χ0v) is 10.7. The summed E-state index contributed by atoms with van der Waals surface area (Å²) in [7, 11) is 0. The number of halogens is 1. The summed E-state index contributed by atoms with van der Waals surface area (Å²) in [5, 5.41) is 0. The van der Waals surface area contributed by atoms with E-state index in [0.717, 1.165) is 22.3 Å². The van der Waals surface area contributed by atoms with Crippen molar-refractivity contribution in [2.45, 2.75) is 10.6 Å². The third kappa shape index (κ3) is 2.96. The summed E-state index contributed by atoms with van der Waals surface area (Å²) in [4.78, 5) is 18.7. The number of aldehydes is 1. The molecule has 0 aliphatic rings. The minimum absolute atomic E-state index is 0.520. The molecule has 82 valence electrons. The Balaban J connectivity index is 1.96. The minimum atomic E-state index is 0.520. The van der Waals surface area contributed by atoms with Crippen LogP contribution in [0.5, 0.6) is 0 Å². The number of hydrogen-bond donors (Lipinski definition) is 1. The van der Waals surface area contributed by atoms with E-state index in [1.165, 1.54) is 4.90 Å². The Morgan fingerprint density at radius 3 is 2.75 bits per heavy atom. The van der Waals surface area contributed by atoms with E-state index in [-0.39, 0.29) is 0 Å². The topological polar surface area (TPSA) is 45.8 Å². The van der Waals surface area contributed by atoms with Crippen molar-refractivity contribution in [3.05, 3.63) is 46.5 Å². The van der Waals surface area contributed by atoms with Crippen LogP contribution in [-0.4, -0.2) is 16.3 Å². The second kappa shape index (κ2) is 5.32. The van der Waals surface area contributed by atoms with Crippen LogP contribution in [0.1, 0.15) is 16.3 Å². The van der Waals surface area contributed by atoms with Crippen molar-refractivity contribution in [3.63, 3.8) is 0 Å². The van der Waals surface area contributed by atoms with Gasteiger partial charge < -0.3 is 4.98 Å². The monoisotopic (exact) mass is 296 g/mol. The molecule has 0 fully saturated rings. The van der Waals surface area contributed by atoms with Crippen molar-refractivity contribution in [1.82, 2.24) is 9.97 Å². The molecule has 1 N–H and O–H groups in total. The number of aromatic amines is 1. The molecule has 5 heteroatoms. The van der Waals surface area contributed by atoms with E-state index in [0.29, 0.717) is 5.69 Å². The number of benzene rings is 1. The summed E-state index contributed by atoms with van der Waals surface area (Å²) in [6.07, 6.45) is 2.31. The van der Waals surface area contributed by atoms with Gasteiger partial charge in [-0.1, -0.05) is 15.9 Å². The number of thioether (sulfide) groups is 1. The van der Waals surface area contributed by atoms with Crippen LogP contribution in [0.25, 0.3) is 0 Å². The summed E-state index contributed by atoms with van der Waals surface area (Å²) in [5.41, 5.74) is 0.520. The van der Waals surface area contributed by atoms with Crippen LogP contribution in [0.2, 0.25) is 0 Å². The normalized spacial score (nSPS) is 10.3. The van der Waals surface area contributed by atoms with Crippen molar-refractivity contribution in [3.8, 4) is 0 Å². The lowest BCUT2D eigenvalue weighted by atomic mass is 10.4. The summed E-state index contributed by atoms with van der Waals surface area (Å²) < 4.78 is 1.07. The smallest absolute Gasteiger partial charge is 0.167 e. The van der Waals surface area contributed by atoms with Crippen molar-refractivity contribution < 1.29 is 4.79 Å². The van der Waals surface area contributed by atoms with Gasteiger partial charge >= 0.3 is 0 Å². The third-order valence-electron chi connectivity index (χ3n) is 1.96. The molecule has 0 unspecified atom stereocenters. The molecule has 2 rings (SSSR count). The lowest BCUT2D eigenvalue weighted by Crippen LogP contribution is -1.84. The van der Waals surface area contributed by atoms with Crippen LogP contribution in [-0.2, 0) is 5.75 Å². The van der Waals surface area contributed by atoms with Crippen LogP contribution in [0.4, 0.5) is 0 Å². The number of carbonyl (C=O) groups excluding carboxylic acids is 1. The molecule has 0 spiro atoms. The average molecular weight is 297 g/mol.